The number of rotatable bonds is 9. The zero-order chi connectivity index (χ0) is 19.5. The molecule has 152 valence electrons. The predicted octanol–water partition coefficient (Wildman–Crippen LogP) is 2.97. The van der Waals surface area contributed by atoms with Gasteiger partial charge in [-0.3, -0.25) is 9.89 Å². The number of hydrogen-bond donors (Lipinski definition) is 2. The minimum atomic E-state index is 0.263. The lowest BCUT2D eigenvalue weighted by atomic mass is 9.99. The van der Waals surface area contributed by atoms with Crippen LogP contribution in [0.15, 0.2) is 35.3 Å². The van der Waals surface area contributed by atoms with Gasteiger partial charge in [0.15, 0.2) is 5.96 Å². The molecule has 5 nitrogen and oxygen atoms in total. The van der Waals surface area contributed by atoms with Crippen molar-refractivity contribution in [3.63, 3.8) is 0 Å². The Morgan fingerprint density at radius 2 is 1.96 bits per heavy atom. The zero-order valence-corrected chi connectivity index (χ0v) is 18.1. The van der Waals surface area contributed by atoms with Crippen LogP contribution in [0, 0.1) is 0 Å². The average Bonchev–Trinajstić information content (AvgIpc) is 2.71. The summed E-state index contributed by atoms with van der Waals surface area (Å²) in [4.78, 5) is 6.79. The van der Waals surface area contributed by atoms with Crippen molar-refractivity contribution in [3.05, 3.63) is 35.9 Å². The second kappa shape index (κ2) is 11.6. The SMILES string of the molecule is CN=C(NCCC(C)N(C)Cc1ccccc1)NCC1(SC)CCOCC1. The number of aliphatic imine (C=N–C) groups is 1. The third kappa shape index (κ3) is 7.35. The molecule has 1 unspecified atom stereocenters. The molecule has 1 atom stereocenters. The van der Waals surface area contributed by atoms with Crippen LogP contribution in [0.1, 0.15) is 31.7 Å². The average molecular weight is 393 g/mol. The van der Waals surface area contributed by atoms with E-state index in [1.54, 1.807) is 0 Å². The molecule has 0 aromatic heterocycles. The lowest BCUT2D eigenvalue weighted by Gasteiger charge is -2.36. The van der Waals surface area contributed by atoms with Gasteiger partial charge in [0.2, 0.25) is 0 Å². The fourth-order valence-corrected chi connectivity index (χ4v) is 4.10. The van der Waals surface area contributed by atoms with Crippen LogP contribution >= 0.6 is 11.8 Å². The maximum atomic E-state index is 5.52. The van der Waals surface area contributed by atoms with E-state index >= 15 is 0 Å². The van der Waals surface area contributed by atoms with Crippen molar-refractivity contribution in [3.8, 4) is 0 Å². The summed E-state index contributed by atoms with van der Waals surface area (Å²) in [6.07, 6.45) is 5.47. The Labute approximate surface area is 169 Å². The van der Waals surface area contributed by atoms with E-state index in [9.17, 15) is 0 Å². The molecule has 2 N–H and O–H groups in total. The van der Waals surface area contributed by atoms with Crippen molar-refractivity contribution < 1.29 is 4.74 Å². The Morgan fingerprint density at radius 1 is 1.26 bits per heavy atom. The van der Waals surface area contributed by atoms with Gasteiger partial charge in [-0.25, -0.2) is 0 Å². The van der Waals surface area contributed by atoms with E-state index in [1.807, 2.05) is 18.8 Å². The highest BCUT2D eigenvalue weighted by Crippen LogP contribution is 2.32. The summed E-state index contributed by atoms with van der Waals surface area (Å²) in [6.45, 7) is 6.83. The van der Waals surface area contributed by atoms with Crippen molar-refractivity contribution in [2.45, 2.75) is 43.5 Å². The second-order valence-electron chi connectivity index (χ2n) is 7.39. The first-order chi connectivity index (χ1) is 13.1. The summed E-state index contributed by atoms with van der Waals surface area (Å²) in [6, 6.07) is 11.1. The van der Waals surface area contributed by atoms with Crippen LogP contribution in [-0.4, -0.2) is 68.3 Å². The minimum absolute atomic E-state index is 0.263. The monoisotopic (exact) mass is 392 g/mol. The number of ether oxygens (including phenoxy) is 1. The highest BCUT2D eigenvalue weighted by Gasteiger charge is 2.31. The van der Waals surface area contributed by atoms with E-state index in [1.165, 1.54) is 5.56 Å². The van der Waals surface area contributed by atoms with Gasteiger partial charge in [-0.05, 0) is 45.1 Å². The molecule has 0 aliphatic carbocycles. The number of benzene rings is 1. The van der Waals surface area contributed by atoms with Gasteiger partial charge in [-0.1, -0.05) is 30.3 Å². The van der Waals surface area contributed by atoms with Crippen molar-refractivity contribution in [2.75, 3.05) is 46.7 Å². The van der Waals surface area contributed by atoms with E-state index in [-0.39, 0.29) is 4.75 Å². The number of nitrogens with zero attached hydrogens (tertiary/aromatic N) is 2. The topological polar surface area (TPSA) is 48.9 Å². The Kier molecular flexibility index (Phi) is 9.45. The molecule has 0 amide bonds. The molecular formula is C21H36N4OS. The van der Waals surface area contributed by atoms with Crippen molar-refractivity contribution >= 4 is 17.7 Å². The second-order valence-corrected chi connectivity index (χ2v) is 8.66. The molecule has 1 saturated heterocycles. The first-order valence-corrected chi connectivity index (χ1v) is 11.1. The zero-order valence-electron chi connectivity index (χ0n) is 17.3. The molecule has 1 aromatic carbocycles. The lowest BCUT2D eigenvalue weighted by Crippen LogP contribution is -2.48. The molecule has 0 spiro atoms. The molecule has 0 saturated carbocycles. The Hall–Kier alpha value is -1.24. The van der Waals surface area contributed by atoms with E-state index < -0.39 is 0 Å². The van der Waals surface area contributed by atoms with Gasteiger partial charge < -0.3 is 15.4 Å². The van der Waals surface area contributed by atoms with Crippen molar-refractivity contribution in [1.29, 1.82) is 0 Å². The third-order valence-corrected chi connectivity index (χ3v) is 6.94. The number of thioether (sulfide) groups is 1. The van der Waals surface area contributed by atoms with E-state index in [0.717, 1.165) is 58.1 Å². The summed E-state index contributed by atoms with van der Waals surface area (Å²) >= 11 is 1.95. The molecular weight excluding hydrogens is 356 g/mol. The molecule has 0 bridgehead atoms. The van der Waals surface area contributed by atoms with E-state index in [2.05, 4.69) is 71.1 Å². The largest absolute Gasteiger partial charge is 0.381 e. The van der Waals surface area contributed by atoms with Gasteiger partial charge in [0.1, 0.15) is 0 Å². The molecule has 27 heavy (non-hydrogen) atoms. The van der Waals surface area contributed by atoms with Gasteiger partial charge in [0, 0.05) is 50.7 Å². The van der Waals surface area contributed by atoms with Crippen LogP contribution in [-0.2, 0) is 11.3 Å². The fourth-order valence-electron chi connectivity index (χ4n) is 3.31. The lowest BCUT2D eigenvalue weighted by molar-refractivity contribution is 0.0783. The summed E-state index contributed by atoms with van der Waals surface area (Å²) in [5.41, 5.74) is 1.36. The fraction of sp³-hybridized carbons (Fsp3) is 0.667. The molecule has 0 radical (unpaired) electrons. The molecule has 2 rings (SSSR count). The molecule has 1 aromatic rings. The summed E-state index contributed by atoms with van der Waals surface area (Å²) in [7, 11) is 4.04. The molecule has 6 heteroatoms. The van der Waals surface area contributed by atoms with Gasteiger partial charge in [0.05, 0.1) is 0 Å². The van der Waals surface area contributed by atoms with Gasteiger partial charge >= 0.3 is 0 Å². The maximum Gasteiger partial charge on any atom is 0.191 e. The van der Waals surface area contributed by atoms with Gasteiger partial charge in [0.25, 0.3) is 0 Å². The standard InChI is InChI=1S/C21H36N4OS/c1-18(25(3)16-19-8-6-5-7-9-19)10-13-23-20(22-2)24-17-21(27-4)11-14-26-15-12-21/h5-9,18H,10-17H2,1-4H3,(H2,22,23,24). The Balaban J connectivity index is 1.70. The Morgan fingerprint density at radius 3 is 2.59 bits per heavy atom. The summed E-state index contributed by atoms with van der Waals surface area (Å²) in [5.74, 6) is 0.896. The van der Waals surface area contributed by atoms with Crippen LogP contribution in [0.5, 0.6) is 0 Å². The summed E-state index contributed by atoms with van der Waals surface area (Å²) in [5, 5.41) is 6.99. The maximum absolute atomic E-state index is 5.52. The smallest absolute Gasteiger partial charge is 0.191 e. The first kappa shape index (κ1) is 22.1. The normalized spacial score (nSPS) is 18.3. The Bertz CT molecular complexity index is 561. The molecule has 1 fully saturated rings. The van der Waals surface area contributed by atoms with Crippen molar-refractivity contribution in [2.24, 2.45) is 4.99 Å². The summed E-state index contributed by atoms with van der Waals surface area (Å²) < 4.78 is 5.79. The first-order valence-electron chi connectivity index (χ1n) is 9.90. The third-order valence-electron chi connectivity index (χ3n) is 5.52. The number of nitrogens with one attached hydrogen (secondary N) is 2. The van der Waals surface area contributed by atoms with E-state index in [4.69, 9.17) is 4.74 Å². The van der Waals surface area contributed by atoms with Crippen LogP contribution < -0.4 is 10.6 Å². The minimum Gasteiger partial charge on any atom is -0.381 e. The van der Waals surface area contributed by atoms with Crippen LogP contribution in [0.4, 0.5) is 0 Å². The van der Waals surface area contributed by atoms with Crippen LogP contribution in [0.25, 0.3) is 0 Å². The highest BCUT2D eigenvalue weighted by atomic mass is 32.2. The van der Waals surface area contributed by atoms with Gasteiger partial charge in [-0.15, -0.1) is 0 Å². The van der Waals surface area contributed by atoms with Crippen LogP contribution in [0.2, 0.25) is 0 Å². The van der Waals surface area contributed by atoms with Gasteiger partial charge in [-0.2, -0.15) is 11.8 Å². The molecule has 1 aliphatic rings. The van der Waals surface area contributed by atoms with Crippen LogP contribution in [0.3, 0.4) is 0 Å². The van der Waals surface area contributed by atoms with Crippen molar-refractivity contribution in [1.82, 2.24) is 15.5 Å². The number of guanidine groups is 1. The number of hydrogen-bond acceptors (Lipinski definition) is 4. The quantitative estimate of drug-likeness (QED) is 0.500. The highest BCUT2D eigenvalue weighted by molar-refractivity contribution is 8.00. The predicted molar refractivity (Wildman–Crippen MR) is 118 cm³/mol. The molecule has 1 aliphatic heterocycles. The molecule has 1 heterocycles. The van der Waals surface area contributed by atoms with E-state index in [0.29, 0.717) is 6.04 Å².